The predicted octanol–water partition coefficient (Wildman–Crippen LogP) is -0.605. The summed E-state index contributed by atoms with van der Waals surface area (Å²) in [6, 6.07) is 3.73. The van der Waals surface area contributed by atoms with Gasteiger partial charge in [0, 0.05) is 0 Å². The second-order valence-corrected chi connectivity index (χ2v) is 1.99. The van der Waals surface area contributed by atoms with Crippen molar-refractivity contribution in [2.24, 2.45) is 0 Å². The Bertz CT molecular complexity index is 191. The summed E-state index contributed by atoms with van der Waals surface area (Å²) in [7, 11) is 0. The highest BCUT2D eigenvalue weighted by molar-refractivity contribution is 5.03. The maximum Gasteiger partial charge on any atom is 0.144 e. The summed E-state index contributed by atoms with van der Waals surface area (Å²) >= 11 is 0. The van der Waals surface area contributed by atoms with E-state index in [1.165, 1.54) is 0 Å². The highest BCUT2D eigenvalue weighted by atomic mass is 16.3. The van der Waals surface area contributed by atoms with Crippen molar-refractivity contribution in [2.75, 3.05) is 0 Å². The lowest BCUT2D eigenvalue weighted by molar-refractivity contribution is 0.412. The quantitative estimate of drug-likeness (QED) is 0.419. The fourth-order valence-corrected chi connectivity index (χ4v) is 0.850. The van der Waals surface area contributed by atoms with Crippen LogP contribution in [0.2, 0.25) is 0 Å². The summed E-state index contributed by atoms with van der Waals surface area (Å²) in [5.41, 5.74) is 11.2. The minimum Gasteiger partial charge on any atom is -0.466 e. The molecular formula is C5H8N4O. The first-order valence-electron chi connectivity index (χ1n) is 3.01. The van der Waals surface area contributed by atoms with Gasteiger partial charge in [-0.25, -0.2) is 10.9 Å². The Hall–Kier alpha value is -0.880. The third kappa shape index (κ3) is 0.910. The van der Waals surface area contributed by atoms with Gasteiger partial charge in [-0.05, 0) is 12.1 Å². The second-order valence-electron chi connectivity index (χ2n) is 1.99. The molecule has 10 heavy (non-hydrogen) atoms. The lowest BCUT2D eigenvalue weighted by Crippen LogP contribution is -2.33. The molecule has 0 bridgehead atoms. The molecule has 0 spiro atoms. The first kappa shape index (κ1) is 5.87. The van der Waals surface area contributed by atoms with Gasteiger partial charge in [-0.3, -0.25) is 0 Å². The Morgan fingerprint density at radius 2 is 2.10 bits per heavy atom. The van der Waals surface area contributed by atoms with Crippen molar-refractivity contribution in [3.8, 4) is 0 Å². The Balaban J connectivity index is 2.12. The Morgan fingerprint density at radius 1 is 1.30 bits per heavy atom. The van der Waals surface area contributed by atoms with E-state index in [9.17, 15) is 0 Å². The van der Waals surface area contributed by atoms with E-state index >= 15 is 0 Å². The van der Waals surface area contributed by atoms with Crippen LogP contribution in [0, 0.1) is 0 Å². The normalized spacial score (nSPS) is 20.0. The van der Waals surface area contributed by atoms with E-state index in [1.54, 1.807) is 6.26 Å². The van der Waals surface area contributed by atoms with Gasteiger partial charge in [0.25, 0.3) is 0 Å². The van der Waals surface area contributed by atoms with Crippen LogP contribution < -0.4 is 21.9 Å². The topological polar surface area (TPSA) is 61.3 Å². The molecule has 2 heterocycles. The van der Waals surface area contributed by atoms with E-state index < -0.39 is 0 Å². The molecule has 0 unspecified atom stereocenters. The van der Waals surface area contributed by atoms with Crippen molar-refractivity contribution in [3.63, 3.8) is 0 Å². The molecule has 0 atom stereocenters. The maximum absolute atomic E-state index is 5.11. The second kappa shape index (κ2) is 2.39. The van der Waals surface area contributed by atoms with Crippen LogP contribution in [-0.4, -0.2) is 0 Å². The van der Waals surface area contributed by atoms with Crippen molar-refractivity contribution in [1.82, 2.24) is 21.9 Å². The molecule has 4 N–H and O–H groups in total. The summed E-state index contributed by atoms with van der Waals surface area (Å²) in [5.74, 6) is 0.845. The highest BCUT2D eigenvalue weighted by Crippen LogP contribution is 2.09. The minimum absolute atomic E-state index is 0.00926. The molecule has 1 fully saturated rings. The monoisotopic (exact) mass is 140 g/mol. The van der Waals surface area contributed by atoms with E-state index in [4.69, 9.17) is 4.42 Å². The van der Waals surface area contributed by atoms with E-state index in [1.807, 2.05) is 12.1 Å². The molecule has 1 aliphatic heterocycles. The van der Waals surface area contributed by atoms with Gasteiger partial charge in [-0.15, -0.1) is 0 Å². The average Bonchev–Trinajstić information content (AvgIpc) is 2.59. The summed E-state index contributed by atoms with van der Waals surface area (Å²) in [5, 5.41) is 0. The average molecular weight is 140 g/mol. The molecule has 0 aromatic carbocycles. The molecule has 1 aromatic heterocycles. The molecule has 5 nitrogen and oxygen atoms in total. The van der Waals surface area contributed by atoms with Crippen molar-refractivity contribution < 1.29 is 4.42 Å². The van der Waals surface area contributed by atoms with Gasteiger partial charge in [-0.1, -0.05) is 0 Å². The van der Waals surface area contributed by atoms with Crippen molar-refractivity contribution in [1.29, 1.82) is 0 Å². The minimum atomic E-state index is 0.00926. The number of hydrogen-bond acceptors (Lipinski definition) is 5. The first-order valence-corrected chi connectivity index (χ1v) is 3.01. The highest BCUT2D eigenvalue weighted by Gasteiger charge is 2.16. The van der Waals surface area contributed by atoms with Crippen LogP contribution >= 0.6 is 0 Å². The summed E-state index contributed by atoms with van der Waals surface area (Å²) < 4.78 is 5.11. The fourth-order valence-electron chi connectivity index (χ4n) is 0.850. The van der Waals surface area contributed by atoms with Crippen LogP contribution in [0.1, 0.15) is 11.9 Å². The SMILES string of the molecule is c1coc(C2NNNN2)c1. The zero-order valence-corrected chi connectivity index (χ0v) is 5.22. The lowest BCUT2D eigenvalue weighted by Gasteiger charge is -2.02. The van der Waals surface area contributed by atoms with Crippen LogP contribution in [0.15, 0.2) is 22.8 Å². The standard InChI is InChI=1S/C5H8N4O/c1-2-4(10-3-1)5-6-8-9-7-5/h1-3,5-9H. The summed E-state index contributed by atoms with van der Waals surface area (Å²) in [6.07, 6.45) is 1.65. The maximum atomic E-state index is 5.11. The number of rotatable bonds is 1. The van der Waals surface area contributed by atoms with Gasteiger partial charge in [0.05, 0.1) is 6.26 Å². The van der Waals surface area contributed by atoms with Gasteiger partial charge in [0.15, 0.2) is 0 Å². The molecule has 5 heteroatoms. The molecule has 0 aliphatic carbocycles. The molecule has 1 aromatic rings. The first-order chi connectivity index (χ1) is 4.97. The largest absolute Gasteiger partial charge is 0.466 e. The van der Waals surface area contributed by atoms with E-state index in [-0.39, 0.29) is 6.17 Å². The summed E-state index contributed by atoms with van der Waals surface area (Å²) in [6.45, 7) is 0. The van der Waals surface area contributed by atoms with Crippen LogP contribution in [0.4, 0.5) is 0 Å². The van der Waals surface area contributed by atoms with Crippen molar-refractivity contribution in [2.45, 2.75) is 6.17 Å². The number of furan rings is 1. The van der Waals surface area contributed by atoms with Crippen LogP contribution in [0.25, 0.3) is 0 Å². The Kier molecular flexibility index (Phi) is 1.40. The predicted molar refractivity (Wildman–Crippen MR) is 34.0 cm³/mol. The third-order valence-corrected chi connectivity index (χ3v) is 1.32. The fraction of sp³-hybridized carbons (Fsp3) is 0.200. The van der Waals surface area contributed by atoms with E-state index in [0.717, 1.165) is 5.76 Å². The van der Waals surface area contributed by atoms with Crippen molar-refractivity contribution >= 4 is 0 Å². The molecule has 1 saturated heterocycles. The van der Waals surface area contributed by atoms with Gasteiger partial charge in [0.1, 0.15) is 11.9 Å². The lowest BCUT2D eigenvalue weighted by atomic mass is 10.4. The molecule has 1 aliphatic rings. The van der Waals surface area contributed by atoms with Gasteiger partial charge >= 0.3 is 0 Å². The zero-order chi connectivity index (χ0) is 6.81. The summed E-state index contributed by atoms with van der Waals surface area (Å²) in [4.78, 5) is 0. The van der Waals surface area contributed by atoms with Gasteiger partial charge in [-0.2, -0.15) is 11.1 Å². The Labute approximate surface area is 57.7 Å². The molecule has 2 rings (SSSR count). The number of nitrogens with one attached hydrogen (secondary N) is 4. The molecule has 0 saturated carbocycles. The number of hydrazine groups is 3. The molecule has 0 amide bonds. The van der Waals surface area contributed by atoms with Crippen molar-refractivity contribution in [3.05, 3.63) is 24.2 Å². The smallest absolute Gasteiger partial charge is 0.144 e. The third-order valence-electron chi connectivity index (χ3n) is 1.32. The molecular weight excluding hydrogens is 132 g/mol. The van der Waals surface area contributed by atoms with Gasteiger partial charge < -0.3 is 4.42 Å². The van der Waals surface area contributed by atoms with Crippen LogP contribution in [-0.2, 0) is 0 Å². The Morgan fingerprint density at radius 3 is 2.70 bits per heavy atom. The zero-order valence-electron chi connectivity index (χ0n) is 5.22. The van der Waals surface area contributed by atoms with Crippen LogP contribution in [0.5, 0.6) is 0 Å². The molecule has 0 radical (unpaired) electrons. The van der Waals surface area contributed by atoms with Gasteiger partial charge in [0.2, 0.25) is 0 Å². The van der Waals surface area contributed by atoms with Crippen LogP contribution in [0.3, 0.4) is 0 Å². The van der Waals surface area contributed by atoms with E-state index in [0.29, 0.717) is 0 Å². The number of hydrogen-bond donors (Lipinski definition) is 4. The molecule has 54 valence electrons. The van der Waals surface area contributed by atoms with E-state index in [2.05, 4.69) is 21.9 Å².